The molecule has 1 amide bonds. The zero-order chi connectivity index (χ0) is 18.6. The first-order valence-corrected chi connectivity index (χ1v) is 8.69. The maximum atomic E-state index is 12.4. The van der Waals surface area contributed by atoms with E-state index in [4.69, 9.17) is 4.74 Å². The lowest BCUT2D eigenvalue weighted by molar-refractivity contribution is -0.121. The van der Waals surface area contributed by atoms with Crippen molar-refractivity contribution in [3.8, 4) is 0 Å². The molecule has 0 aliphatic rings. The Morgan fingerprint density at radius 2 is 1.96 bits per heavy atom. The van der Waals surface area contributed by atoms with Crippen LogP contribution in [-0.4, -0.2) is 33.2 Å². The summed E-state index contributed by atoms with van der Waals surface area (Å²) < 4.78 is 7.37. The number of para-hydroxylation sites is 2. The monoisotopic (exact) mass is 352 g/mol. The van der Waals surface area contributed by atoms with Crippen molar-refractivity contribution in [1.29, 1.82) is 0 Å². The highest BCUT2D eigenvalue weighted by atomic mass is 16.5. The minimum atomic E-state index is -0.519. The van der Waals surface area contributed by atoms with E-state index in [0.29, 0.717) is 12.5 Å². The first-order valence-electron chi connectivity index (χ1n) is 8.69. The fraction of sp³-hybridized carbons (Fsp3) is 0.350. The second-order valence-corrected chi connectivity index (χ2v) is 6.84. The van der Waals surface area contributed by atoms with Crippen LogP contribution in [0.3, 0.4) is 0 Å². The van der Waals surface area contributed by atoms with Gasteiger partial charge in [-0.05, 0) is 38.1 Å². The standard InChI is InChI=1S/C20H24N4O2/c1-20(2,26-3)14-18(25)23-19-22-16-9-4-5-10-17(16)24(19)13-11-15-8-6-7-12-21-15/h4-10,12H,11,13-14H2,1-3H3,(H,22,23,25). The second-order valence-electron chi connectivity index (χ2n) is 6.84. The highest BCUT2D eigenvalue weighted by molar-refractivity contribution is 5.92. The molecule has 0 aliphatic carbocycles. The molecule has 0 atom stereocenters. The van der Waals surface area contributed by atoms with Crippen LogP contribution in [0.25, 0.3) is 11.0 Å². The minimum absolute atomic E-state index is 0.119. The van der Waals surface area contributed by atoms with Gasteiger partial charge in [0.15, 0.2) is 0 Å². The van der Waals surface area contributed by atoms with Crippen molar-refractivity contribution in [1.82, 2.24) is 14.5 Å². The summed E-state index contributed by atoms with van der Waals surface area (Å²) in [5, 5.41) is 2.94. The van der Waals surface area contributed by atoms with Crippen molar-refractivity contribution in [3.63, 3.8) is 0 Å². The van der Waals surface area contributed by atoms with Gasteiger partial charge in [0.25, 0.3) is 0 Å². The molecule has 2 aromatic heterocycles. The molecule has 2 heterocycles. The Morgan fingerprint density at radius 1 is 1.19 bits per heavy atom. The number of methoxy groups -OCH3 is 1. The van der Waals surface area contributed by atoms with Gasteiger partial charge in [-0.25, -0.2) is 4.98 Å². The molecule has 3 rings (SSSR count). The van der Waals surface area contributed by atoms with Crippen LogP contribution < -0.4 is 5.32 Å². The third kappa shape index (κ3) is 4.26. The highest BCUT2D eigenvalue weighted by Crippen LogP contribution is 2.21. The second kappa shape index (κ2) is 7.66. The molecule has 0 saturated heterocycles. The number of fused-ring (bicyclic) bond motifs is 1. The SMILES string of the molecule is COC(C)(C)CC(=O)Nc1nc2ccccc2n1CCc1ccccn1. The van der Waals surface area contributed by atoms with Gasteiger partial charge >= 0.3 is 0 Å². The Kier molecular flexibility index (Phi) is 5.32. The normalized spacial score (nSPS) is 11.7. The molecule has 6 heteroatoms. The van der Waals surface area contributed by atoms with E-state index in [1.54, 1.807) is 13.3 Å². The Hall–Kier alpha value is -2.73. The number of ether oxygens (including phenoxy) is 1. The van der Waals surface area contributed by atoms with E-state index in [0.717, 1.165) is 23.1 Å². The number of rotatable bonds is 7. The summed E-state index contributed by atoms with van der Waals surface area (Å²) in [6.45, 7) is 4.45. The fourth-order valence-corrected chi connectivity index (χ4v) is 2.80. The topological polar surface area (TPSA) is 69.0 Å². The number of hydrogen-bond acceptors (Lipinski definition) is 4. The van der Waals surface area contributed by atoms with Crippen LogP contribution in [0.1, 0.15) is 26.0 Å². The van der Waals surface area contributed by atoms with Crippen molar-refractivity contribution in [3.05, 3.63) is 54.4 Å². The number of hydrogen-bond donors (Lipinski definition) is 1. The molecular weight excluding hydrogens is 328 g/mol. The molecule has 1 aromatic carbocycles. The number of benzene rings is 1. The van der Waals surface area contributed by atoms with Crippen LogP contribution in [0.5, 0.6) is 0 Å². The first kappa shape index (κ1) is 18.1. The van der Waals surface area contributed by atoms with E-state index in [9.17, 15) is 4.79 Å². The van der Waals surface area contributed by atoms with Crippen LogP contribution in [0.2, 0.25) is 0 Å². The molecule has 1 N–H and O–H groups in total. The van der Waals surface area contributed by atoms with Gasteiger partial charge in [-0.3, -0.25) is 15.1 Å². The number of aromatic nitrogens is 3. The van der Waals surface area contributed by atoms with Gasteiger partial charge in [0.05, 0.1) is 23.1 Å². The minimum Gasteiger partial charge on any atom is -0.378 e. The number of nitrogens with one attached hydrogen (secondary N) is 1. The molecule has 0 spiro atoms. The Labute approximate surface area is 153 Å². The molecule has 26 heavy (non-hydrogen) atoms. The Balaban J connectivity index is 1.83. The van der Waals surface area contributed by atoms with Crippen molar-refractivity contribution in [2.45, 2.75) is 38.8 Å². The lowest BCUT2D eigenvalue weighted by Crippen LogP contribution is -2.30. The van der Waals surface area contributed by atoms with Crippen molar-refractivity contribution < 1.29 is 9.53 Å². The number of amides is 1. The molecule has 136 valence electrons. The van der Waals surface area contributed by atoms with Gasteiger partial charge < -0.3 is 9.30 Å². The molecular formula is C20H24N4O2. The van der Waals surface area contributed by atoms with E-state index in [2.05, 4.69) is 15.3 Å². The average molecular weight is 352 g/mol. The number of anilines is 1. The Morgan fingerprint density at radius 3 is 2.69 bits per heavy atom. The third-order valence-electron chi connectivity index (χ3n) is 4.36. The zero-order valence-corrected chi connectivity index (χ0v) is 15.4. The first-order chi connectivity index (χ1) is 12.5. The summed E-state index contributed by atoms with van der Waals surface area (Å²) in [7, 11) is 1.61. The lowest BCUT2D eigenvalue weighted by atomic mass is 10.1. The summed E-state index contributed by atoms with van der Waals surface area (Å²) >= 11 is 0. The van der Waals surface area contributed by atoms with Gasteiger partial charge in [-0.15, -0.1) is 0 Å². The molecule has 0 fully saturated rings. The average Bonchev–Trinajstić information content (AvgIpc) is 2.97. The van der Waals surface area contributed by atoms with Gasteiger partial charge in [0.1, 0.15) is 0 Å². The molecule has 0 unspecified atom stereocenters. The predicted octanol–water partition coefficient (Wildman–Crippen LogP) is 3.43. The molecule has 3 aromatic rings. The zero-order valence-electron chi connectivity index (χ0n) is 15.4. The number of nitrogens with zero attached hydrogens (tertiary/aromatic N) is 3. The van der Waals surface area contributed by atoms with Gasteiger partial charge in [0.2, 0.25) is 11.9 Å². The molecule has 0 radical (unpaired) electrons. The summed E-state index contributed by atoms with van der Waals surface area (Å²) in [6.07, 6.45) is 2.80. The van der Waals surface area contributed by atoms with E-state index >= 15 is 0 Å². The fourth-order valence-electron chi connectivity index (χ4n) is 2.80. The lowest BCUT2D eigenvalue weighted by Gasteiger charge is -2.21. The summed E-state index contributed by atoms with van der Waals surface area (Å²) in [6, 6.07) is 13.7. The van der Waals surface area contributed by atoms with Crippen LogP contribution in [0.15, 0.2) is 48.7 Å². The predicted molar refractivity (Wildman–Crippen MR) is 102 cm³/mol. The van der Waals surface area contributed by atoms with Gasteiger partial charge in [-0.1, -0.05) is 18.2 Å². The molecule has 0 aliphatic heterocycles. The van der Waals surface area contributed by atoms with Crippen LogP contribution in [0.4, 0.5) is 5.95 Å². The van der Waals surface area contributed by atoms with Crippen LogP contribution >= 0.6 is 0 Å². The number of imidazole rings is 1. The third-order valence-corrected chi connectivity index (χ3v) is 4.36. The van der Waals surface area contributed by atoms with Gasteiger partial charge in [-0.2, -0.15) is 0 Å². The smallest absolute Gasteiger partial charge is 0.229 e. The van der Waals surface area contributed by atoms with Crippen LogP contribution in [0, 0.1) is 0 Å². The summed E-state index contributed by atoms with van der Waals surface area (Å²) in [5.41, 5.74) is 2.33. The highest BCUT2D eigenvalue weighted by Gasteiger charge is 2.22. The van der Waals surface area contributed by atoms with Crippen molar-refractivity contribution >= 4 is 22.9 Å². The molecule has 6 nitrogen and oxygen atoms in total. The van der Waals surface area contributed by atoms with E-state index < -0.39 is 5.60 Å². The number of carbonyl (C=O) groups excluding carboxylic acids is 1. The number of aryl methyl sites for hydroxylation is 2. The van der Waals surface area contributed by atoms with E-state index in [1.165, 1.54) is 0 Å². The van der Waals surface area contributed by atoms with E-state index in [-0.39, 0.29) is 12.3 Å². The largest absolute Gasteiger partial charge is 0.378 e. The summed E-state index contributed by atoms with van der Waals surface area (Å²) in [4.78, 5) is 21.4. The van der Waals surface area contributed by atoms with Crippen LogP contribution in [-0.2, 0) is 22.5 Å². The van der Waals surface area contributed by atoms with Gasteiger partial charge in [0, 0.05) is 32.0 Å². The maximum Gasteiger partial charge on any atom is 0.229 e. The molecule has 0 saturated carbocycles. The quantitative estimate of drug-likeness (QED) is 0.707. The van der Waals surface area contributed by atoms with Crippen molar-refractivity contribution in [2.24, 2.45) is 0 Å². The summed E-state index contributed by atoms with van der Waals surface area (Å²) in [5.74, 6) is 0.435. The van der Waals surface area contributed by atoms with Crippen molar-refractivity contribution in [2.75, 3.05) is 12.4 Å². The number of pyridine rings is 1. The maximum absolute atomic E-state index is 12.4. The number of carbonyl (C=O) groups is 1. The molecule has 0 bridgehead atoms. The Bertz CT molecular complexity index is 887. The van der Waals surface area contributed by atoms with E-state index in [1.807, 2.05) is 60.9 Å².